The number of benzene rings is 5. The van der Waals surface area contributed by atoms with Gasteiger partial charge in [0.15, 0.2) is 0 Å². The molecule has 0 saturated carbocycles. The Labute approximate surface area is 274 Å². The summed E-state index contributed by atoms with van der Waals surface area (Å²) in [5, 5.41) is 5.14. The van der Waals surface area contributed by atoms with Crippen LogP contribution in [0.3, 0.4) is 0 Å². The molecule has 8 aromatic rings. The van der Waals surface area contributed by atoms with Crippen molar-refractivity contribution in [1.82, 2.24) is 15.0 Å². The molecule has 222 valence electrons. The van der Waals surface area contributed by atoms with Gasteiger partial charge in [-0.05, 0) is 121 Å². The lowest BCUT2D eigenvalue weighted by atomic mass is 9.80. The second-order valence-electron chi connectivity index (χ2n) is 12.9. The molecule has 47 heavy (non-hydrogen) atoms. The summed E-state index contributed by atoms with van der Waals surface area (Å²) in [6.07, 6.45) is 3.63. The Hall–Kier alpha value is -5.93. The van der Waals surface area contributed by atoms with Crippen LogP contribution in [0.15, 0.2) is 152 Å². The summed E-state index contributed by atoms with van der Waals surface area (Å²) in [5.74, 6) is 0. The maximum Gasteiger partial charge on any atom is 0.0900 e. The molecule has 5 aromatic carbocycles. The quantitative estimate of drug-likeness (QED) is 0.188. The molecule has 0 bridgehead atoms. The van der Waals surface area contributed by atoms with E-state index in [9.17, 15) is 0 Å². The van der Waals surface area contributed by atoms with Crippen LogP contribution in [0, 0.1) is 0 Å². The van der Waals surface area contributed by atoms with Crippen LogP contribution in [-0.2, 0) is 5.41 Å². The standard InChI is InChI=1S/C44H31N3/c1-44(2)38-24-28(31-26-42(40-15-7-9-21-45-40)47-43(27-31)41-16-8-10-22-46-41)17-19-35(38)36-20-18-30(25-39(36)44)37-23-29-11-3-4-12-32(29)33-13-5-6-14-34(33)37/h3-27H,1-2H3. The number of aromatic nitrogens is 3. The van der Waals surface area contributed by atoms with Crippen LogP contribution in [-0.4, -0.2) is 15.0 Å². The van der Waals surface area contributed by atoms with Crippen molar-refractivity contribution in [2.75, 3.05) is 0 Å². The Morgan fingerprint density at radius 1 is 0.404 bits per heavy atom. The number of hydrogen-bond acceptors (Lipinski definition) is 3. The zero-order valence-electron chi connectivity index (χ0n) is 26.3. The second kappa shape index (κ2) is 10.6. The average molecular weight is 602 g/mol. The van der Waals surface area contributed by atoms with Gasteiger partial charge in [0.2, 0.25) is 0 Å². The molecule has 3 heterocycles. The monoisotopic (exact) mass is 601 g/mol. The Kier molecular flexibility index (Phi) is 6.16. The van der Waals surface area contributed by atoms with E-state index in [2.05, 4.69) is 127 Å². The number of nitrogens with zero attached hydrogens (tertiary/aromatic N) is 3. The van der Waals surface area contributed by atoms with Crippen LogP contribution in [0.2, 0.25) is 0 Å². The Morgan fingerprint density at radius 2 is 0.957 bits per heavy atom. The summed E-state index contributed by atoms with van der Waals surface area (Å²) >= 11 is 0. The van der Waals surface area contributed by atoms with E-state index < -0.39 is 0 Å². The molecular formula is C44H31N3. The lowest BCUT2D eigenvalue weighted by molar-refractivity contribution is 0.661. The third kappa shape index (κ3) is 4.46. The van der Waals surface area contributed by atoms with Crippen molar-refractivity contribution >= 4 is 21.5 Å². The van der Waals surface area contributed by atoms with Crippen molar-refractivity contribution in [2.24, 2.45) is 0 Å². The molecule has 0 aliphatic heterocycles. The first-order chi connectivity index (χ1) is 23.0. The highest BCUT2D eigenvalue weighted by Gasteiger charge is 2.36. The normalized spacial score (nSPS) is 13.1. The minimum Gasteiger partial charge on any atom is -0.255 e. The highest BCUT2D eigenvalue weighted by atomic mass is 14.8. The molecule has 9 rings (SSSR count). The van der Waals surface area contributed by atoms with Gasteiger partial charge in [0, 0.05) is 17.8 Å². The fraction of sp³-hybridized carbons (Fsp3) is 0.0682. The minimum absolute atomic E-state index is 0.177. The van der Waals surface area contributed by atoms with Gasteiger partial charge < -0.3 is 0 Å². The van der Waals surface area contributed by atoms with Crippen molar-refractivity contribution in [3.8, 4) is 56.2 Å². The molecule has 1 aliphatic carbocycles. The van der Waals surface area contributed by atoms with E-state index in [1.807, 2.05) is 48.8 Å². The molecule has 3 nitrogen and oxygen atoms in total. The Balaban J connectivity index is 1.17. The van der Waals surface area contributed by atoms with Crippen molar-refractivity contribution in [3.05, 3.63) is 163 Å². The maximum atomic E-state index is 4.99. The third-order valence-electron chi connectivity index (χ3n) is 9.77. The lowest BCUT2D eigenvalue weighted by Gasteiger charge is -2.23. The van der Waals surface area contributed by atoms with Gasteiger partial charge >= 0.3 is 0 Å². The summed E-state index contributed by atoms with van der Waals surface area (Å²) in [6.45, 7) is 4.71. The minimum atomic E-state index is -0.177. The van der Waals surface area contributed by atoms with Gasteiger partial charge in [-0.15, -0.1) is 0 Å². The van der Waals surface area contributed by atoms with Gasteiger partial charge in [-0.3, -0.25) is 9.97 Å². The number of fused-ring (bicyclic) bond motifs is 6. The van der Waals surface area contributed by atoms with Crippen molar-refractivity contribution < 1.29 is 0 Å². The summed E-state index contributed by atoms with van der Waals surface area (Å²) < 4.78 is 0. The van der Waals surface area contributed by atoms with Gasteiger partial charge in [-0.1, -0.05) is 98.8 Å². The summed E-state index contributed by atoms with van der Waals surface area (Å²) in [6, 6.07) is 50.0. The van der Waals surface area contributed by atoms with Crippen LogP contribution in [0.5, 0.6) is 0 Å². The molecule has 1 aliphatic rings. The van der Waals surface area contributed by atoms with Crippen molar-refractivity contribution in [2.45, 2.75) is 19.3 Å². The summed E-state index contributed by atoms with van der Waals surface area (Å²) in [4.78, 5) is 14.2. The fourth-order valence-corrected chi connectivity index (χ4v) is 7.37. The SMILES string of the molecule is CC1(C)c2cc(-c3cc(-c4ccccn4)nc(-c4ccccn4)c3)ccc2-c2ccc(-c3cc4ccccc4c4ccccc34)cc21. The third-order valence-corrected chi connectivity index (χ3v) is 9.77. The Bertz CT molecular complexity index is 2420. The molecule has 0 fully saturated rings. The number of rotatable bonds is 4. The molecule has 0 atom stereocenters. The highest BCUT2D eigenvalue weighted by molar-refractivity contribution is 6.13. The van der Waals surface area contributed by atoms with E-state index in [0.717, 1.165) is 33.9 Å². The smallest absolute Gasteiger partial charge is 0.0900 e. The van der Waals surface area contributed by atoms with Crippen LogP contribution < -0.4 is 0 Å². The molecular weight excluding hydrogens is 571 g/mol. The van der Waals surface area contributed by atoms with E-state index in [-0.39, 0.29) is 5.41 Å². The first-order valence-corrected chi connectivity index (χ1v) is 16.1. The van der Waals surface area contributed by atoms with Gasteiger partial charge in [-0.2, -0.15) is 0 Å². The largest absolute Gasteiger partial charge is 0.255 e. The maximum absolute atomic E-state index is 4.99. The second-order valence-corrected chi connectivity index (χ2v) is 12.9. The van der Waals surface area contributed by atoms with Crippen LogP contribution in [0.4, 0.5) is 0 Å². The molecule has 3 aromatic heterocycles. The van der Waals surface area contributed by atoms with Crippen LogP contribution >= 0.6 is 0 Å². The van der Waals surface area contributed by atoms with Gasteiger partial charge in [0.05, 0.1) is 22.8 Å². The molecule has 0 unspecified atom stereocenters. The predicted molar refractivity (Wildman–Crippen MR) is 194 cm³/mol. The summed E-state index contributed by atoms with van der Waals surface area (Å²) in [7, 11) is 0. The number of pyridine rings is 3. The van der Waals surface area contributed by atoms with Gasteiger partial charge in [0.1, 0.15) is 0 Å². The van der Waals surface area contributed by atoms with Gasteiger partial charge in [0.25, 0.3) is 0 Å². The molecule has 0 amide bonds. The zero-order valence-corrected chi connectivity index (χ0v) is 26.3. The van der Waals surface area contributed by atoms with Crippen molar-refractivity contribution in [3.63, 3.8) is 0 Å². The first-order valence-electron chi connectivity index (χ1n) is 16.1. The molecule has 0 N–H and O–H groups in total. The average Bonchev–Trinajstić information content (AvgIpc) is 3.36. The summed E-state index contributed by atoms with van der Waals surface area (Å²) in [5.41, 5.74) is 13.2. The predicted octanol–water partition coefficient (Wildman–Crippen LogP) is 11.2. The van der Waals surface area contributed by atoms with E-state index in [1.165, 1.54) is 54.9 Å². The molecule has 0 spiro atoms. The van der Waals surface area contributed by atoms with Crippen LogP contribution in [0.25, 0.3) is 77.7 Å². The van der Waals surface area contributed by atoms with E-state index in [1.54, 1.807) is 0 Å². The lowest BCUT2D eigenvalue weighted by Crippen LogP contribution is -2.15. The first kappa shape index (κ1) is 27.4. The van der Waals surface area contributed by atoms with Crippen LogP contribution in [0.1, 0.15) is 25.0 Å². The number of hydrogen-bond donors (Lipinski definition) is 0. The molecule has 0 saturated heterocycles. The zero-order chi connectivity index (χ0) is 31.5. The fourth-order valence-electron chi connectivity index (χ4n) is 7.37. The van der Waals surface area contributed by atoms with Crippen molar-refractivity contribution in [1.29, 1.82) is 0 Å². The van der Waals surface area contributed by atoms with Gasteiger partial charge in [-0.25, -0.2) is 4.98 Å². The van der Waals surface area contributed by atoms with E-state index >= 15 is 0 Å². The topological polar surface area (TPSA) is 38.7 Å². The Morgan fingerprint density at radius 3 is 1.60 bits per heavy atom. The molecule has 3 heteroatoms. The highest BCUT2D eigenvalue weighted by Crippen LogP contribution is 2.51. The molecule has 0 radical (unpaired) electrons. The van der Waals surface area contributed by atoms with E-state index in [4.69, 9.17) is 4.98 Å². The van der Waals surface area contributed by atoms with E-state index in [0.29, 0.717) is 0 Å².